The molecule has 4 heteroatoms. The van der Waals surface area contributed by atoms with E-state index in [-0.39, 0.29) is 6.61 Å². The van der Waals surface area contributed by atoms with E-state index in [1.807, 2.05) is 13.8 Å². The molecule has 0 aliphatic rings. The third-order valence-corrected chi connectivity index (χ3v) is 1.02. The standard InChI is InChI=1S/C8H16N2O2/c1-4-5-12-7(11)10-6-8(2,3)9/h4H,1,5-6,9H2,2-3H3,(H,10,11). The van der Waals surface area contributed by atoms with Crippen LogP contribution in [0.3, 0.4) is 0 Å². The van der Waals surface area contributed by atoms with Crippen LogP contribution in [0.5, 0.6) is 0 Å². The number of alkyl carbamates (subject to hydrolysis) is 1. The van der Waals surface area contributed by atoms with Gasteiger partial charge in [0, 0.05) is 12.1 Å². The van der Waals surface area contributed by atoms with Gasteiger partial charge in [0.25, 0.3) is 0 Å². The van der Waals surface area contributed by atoms with Gasteiger partial charge in [-0.3, -0.25) is 0 Å². The van der Waals surface area contributed by atoms with Crippen LogP contribution in [-0.2, 0) is 4.74 Å². The van der Waals surface area contributed by atoms with E-state index in [4.69, 9.17) is 5.73 Å². The molecule has 0 aromatic carbocycles. The molecule has 0 fully saturated rings. The van der Waals surface area contributed by atoms with Crippen molar-refractivity contribution in [2.45, 2.75) is 19.4 Å². The molecule has 0 spiro atoms. The molecule has 70 valence electrons. The Bertz CT molecular complexity index is 161. The van der Waals surface area contributed by atoms with Crippen molar-refractivity contribution in [3.8, 4) is 0 Å². The minimum absolute atomic E-state index is 0.219. The molecule has 0 radical (unpaired) electrons. The molecule has 0 bridgehead atoms. The van der Waals surface area contributed by atoms with Gasteiger partial charge in [-0.05, 0) is 13.8 Å². The van der Waals surface area contributed by atoms with Crippen LogP contribution < -0.4 is 11.1 Å². The molecule has 0 aromatic rings. The van der Waals surface area contributed by atoms with E-state index in [1.54, 1.807) is 0 Å². The third kappa shape index (κ3) is 7.08. The Labute approximate surface area is 72.8 Å². The first-order chi connectivity index (χ1) is 5.45. The summed E-state index contributed by atoms with van der Waals surface area (Å²) in [6.07, 6.45) is 1.04. The first-order valence-electron chi connectivity index (χ1n) is 3.76. The maximum Gasteiger partial charge on any atom is 0.407 e. The Morgan fingerprint density at radius 2 is 2.33 bits per heavy atom. The van der Waals surface area contributed by atoms with Crippen LogP contribution in [0.2, 0.25) is 0 Å². The highest BCUT2D eigenvalue weighted by Gasteiger charge is 2.11. The van der Waals surface area contributed by atoms with E-state index >= 15 is 0 Å². The van der Waals surface area contributed by atoms with Gasteiger partial charge in [-0.1, -0.05) is 12.7 Å². The predicted octanol–water partition coefficient (Wildman–Crippen LogP) is 0.636. The quantitative estimate of drug-likeness (QED) is 0.611. The molecule has 0 saturated carbocycles. The number of carbonyl (C=O) groups excluding carboxylic acids is 1. The molecule has 0 heterocycles. The van der Waals surface area contributed by atoms with Crippen LogP contribution >= 0.6 is 0 Å². The summed E-state index contributed by atoms with van der Waals surface area (Å²) >= 11 is 0. The van der Waals surface area contributed by atoms with Gasteiger partial charge in [0.2, 0.25) is 0 Å². The predicted molar refractivity (Wildman–Crippen MR) is 47.8 cm³/mol. The highest BCUT2D eigenvalue weighted by Crippen LogP contribution is 1.92. The van der Waals surface area contributed by atoms with Crippen molar-refractivity contribution in [2.75, 3.05) is 13.2 Å². The van der Waals surface area contributed by atoms with E-state index in [0.29, 0.717) is 6.54 Å². The average molecular weight is 172 g/mol. The lowest BCUT2D eigenvalue weighted by molar-refractivity contribution is 0.156. The van der Waals surface area contributed by atoms with Gasteiger partial charge >= 0.3 is 6.09 Å². The smallest absolute Gasteiger partial charge is 0.407 e. The Kier molecular flexibility index (Phi) is 4.36. The molecule has 1 amide bonds. The topological polar surface area (TPSA) is 64.3 Å². The Hall–Kier alpha value is -1.03. The summed E-state index contributed by atoms with van der Waals surface area (Å²) in [5.41, 5.74) is 5.21. The molecule has 0 saturated heterocycles. The fourth-order valence-electron chi connectivity index (χ4n) is 0.486. The molecule has 0 aliphatic heterocycles. The van der Waals surface area contributed by atoms with Crippen LogP contribution in [0.25, 0.3) is 0 Å². The van der Waals surface area contributed by atoms with Gasteiger partial charge in [0.15, 0.2) is 0 Å². The number of ether oxygens (including phenoxy) is 1. The van der Waals surface area contributed by atoms with E-state index < -0.39 is 11.6 Å². The molecule has 3 N–H and O–H groups in total. The van der Waals surface area contributed by atoms with Crippen molar-refractivity contribution in [3.05, 3.63) is 12.7 Å². The second kappa shape index (κ2) is 4.77. The second-order valence-electron chi connectivity index (χ2n) is 3.23. The molecule has 0 aromatic heterocycles. The fraction of sp³-hybridized carbons (Fsp3) is 0.625. The Morgan fingerprint density at radius 1 is 1.75 bits per heavy atom. The van der Waals surface area contributed by atoms with Crippen LogP contribution in [-0.4, -0.2) is 24.8 Å². The van der Waals surface area contributed by atoms with Gasteiger partial charge in [-0.2, -0.15) is 0 Å². The average Bonchev–Trinajstić information content (AvgIpc) is 1.95. The minimum Gasteiger partial charge on any atom is -0.445 e. The zero-order valence-corrected chi connectivity index (χ0v) is 7.59. The van der Waals surface area contributed by atoms with Crippen LogP contribution in [0.15, 0.2) is 12.7 Å². The van der Waals surface area contributed by atoms with E-state index in [1.165, 1.54) is 6.08 Å². The molecule has 12 heavy (non-hydrogen) atoms. The third-order valence-electron chi connectivity index (χ3n) is 1.02. The second-order valence-corrected chi connectivity index (χ2v) is 3.23. The lowest BCUT2D eigenvalue weighted by atomic mass is 10.1. The largest absolute Gasteiger partial charge is 0.445 e. The first-order valence-corrected chi connectivity index (χ1v) is 3.76. The number of nitrogens with two attached hydrogens (primary N) is 1. The van der Waals surface area contributed by atoms with E-state index in [2.05, 4.69) is 16.6 Å². The number of hydrogen-bond donors (Lipinski definition) is 2. The summed E-state index contributed by atoms with van der Waals surface area (Å²) in [5.74, 6) is 0. The highest BCUT2D eigenvalue weighted by molar-refractivity contribution is 5.67. The summed E-state index contributed by atoms with van der Waals surface area (Å²) in [6.45, 7) is 7.66. The zero-order valence-electron chi connectivity index (χ0n) is 7.59. The lowest BCUT2D eigenvalue weighted by Crippen LogP contribution is -2.45. The van der Waals surface area contributed by atoms with E-state index in [9.17, 15) is 4.79 Å². The molecular formula is C8H16N2O2. The van der Waals surface area contributed by atoms with Crippen molar-refractivity contribution >= 4 is 6.09 Å². The molecule has 0 atom stereocenters. The summed E-state index contributed by atoms with van der Waals surface area (Å²) in [7, 11) is 0. The maximum absolute atomic E-state index is 10.8. The molecular weight excluding hydrogens is 156 g/mol. The number of rotatable bonds is 4. The SMILES string of the molecule is C=CCOC(=O)NCC(C)(C)N. The number of carbonyl (C=O) groups is 1. The number of amides is 1. The first kappa shape index (κ1) is 11.0. The van der Waals surface area contributed by atoms with Crippen molar-refractivity contribution < 1.29 is 9.53 Å². The minimum atomic E-state index is -0.464. The van der Waals surface area contributed by atoms with Gasteiger partial charge < -0.3 is 15.8 Å². The van der Waals surface area contributed by atoms with Crippen molar-refractivity contribution in [1.29, 1.82) is 0 Å². The Morgan fingerprint density at radius 3 is 2.75 bits per heavy atom. The van der Waals surface area contributed by atoms with Crippen LogP contribution in [0.4, 0.5) is 4.79 Å². The summed E-state index contributed by atoms with van der Waals surface area (Å²) in [4.78, 5) is 10.8. The van der Waals surface area contributed by atoms with Crippen molar-refractivity contribution in [1.82, 2.24) is 5.32 Å². The molecule has 4 nitrogen and oxygen atoms in total. The summed E-state index contributed by atoms with van der Waals surface area (Å²) in [5, 5.41) is 2.52. The van der Waals surface area contributed by atoms with Gasteiger partial charge in [-0.15, -0.1) is 0 Å². The summed E-state index contributed by atoms with van der Waals surface area (Å²) in [6, 6.07) is 0. The zero-order chi connectivity index (χ0) is 9.61. The van der Waals surface area contributed by atoms with Gasteiger partial charge in [0.1, 0.15) is 6.61 Å². The Balaban J connectivity index is 3.51. The van der Waals surface area contributed by atoms with E-state index in [0.717, 1.165) is 0 Å². The monoisotopic (exact) mass is 172 g/mol. The van der Waals surface area contributed by atoms with Crippen LogP contribution in [0, 0.1) is 0 Å². The lowest BCUT2D eigenvalue weighted by Gasteiger charge is -2.18. The molecule has 0 rings (SSSR count). The summed E-state index contributed by atoms with van der Waals surface area (Å²) < 4.78 is 4.66. The molecule has 0 unspecified atom stereocenters. The van der Waals surface area contributed by atoms with Gasteiger partial charge in [-0.25, -0.2) is 4.79 Å². The van der Waals surface area contributed by atoms with Crippen molar-refractivity contribution in [2.24, 2.45) is 5.73 Å². The number of nitrogens with one attached hydrogen (secondary N) is 1. The van der Waals surface area contributed by atoms with Crippen molar-refractivity contribution in [3.63, 3.8) is 0 Å². The maximum atomic E-state index is 10.8. The molecule has 0 aliphatic carbocycles. The van der Waals surface area contributed by atoms with Gasteiger partial charge in [0.05, 0.1) is 0 Å². The fourth-order valence-corrected chi connectivity index (χ4v) is 0.486. The van der Waals surface area contributed by atoms with Crippen LogP contribution in [0.1, 0.15) is 13.8 Å². The highest BCUT2D eigenvalue weighted by atomic mass is 16.5. The normalized spacial score (nSPS) is 10.6. The number of hydrogen-bond acceptors (Lipinski definition) is 3.